The molecule has 0 amide bonds. The Kier molecular flexibility index (Phi) is 1.63. The fourth-order valence-electron chi connectivity index (χ4n) is 2.22. The Morgan fingerprint density at radius 2 is 1.91 bits per heavy atom. The molecule has 1 aliphatic heterocycles. The van der Waals surface area contributed by atoms with Gasteiger partial charge in [-0.1, -0.05) is 6.42 Å². The van der Waals surface area contributed by atoms with Gasteiger partial charge in [-0.25, -0.2) is 8.78 Å². The van der Waals surface area contributed by atoms with Crippen LogP contribution in [0.25, 0.3) is 0 Å². The summed E-state index contributed by atoms with van der Waals surface area (Å²) in [6, 6.07) is 0. The topological polar surface area (TPSA) is 3.24 Å². The molecule has 11 heavy (non-hydrogen) atoms. The minimum atomic E-state index is -2.15. The Labute approximate surface area is 65.4 Å². The van der Waals surface area contributed by atoms with Crippen molar-refractivity contribution in [3.8, 4) is 0 Å². The van der Waals surface area contributed by atoms with Crippen LogP contribution in [0, 0.1) is 5.41 Å². The summed E-state index contributed by atoms with van der Waals surface area (Å²) in [5.74, 6) is 0. The molecule has 1 spiro atoms. The van der Waals surface area contributed by atoms with Crippen molar-refractivity contribution in [1.82, 2.24) is 4.90 Å². The van der Waals surface area contributed by atoms with Crippen molar-refractivity contribution in [2.45, 2.75) is 25.7 Å². The lowest BCUT2D eigenvalue weighted by Gasteiger charge is -2.56. The first-order chi connectivity index (χ1) is 5.20. The van der Waals surface area contributed by atoms with Crippen LogP contribution in [0.15, 0.2) is 0 Å². The van der Waals surface area contributed by atoms with Crippen LogP contribution in [0.3, 0.4) is 0 Å². The van der Waals surface area contributed by atoms with Gasteiger partial charge in [0.1, 0.15) is 0 Å². The molecule has 1 saturated heterocycles. The van der Waals surface area contributed by atoms with E-state index in [1.165, 1.54) is 19.3 Å². The van der Waals surface area contributed by atoms with E-state index in [-0.39, 0.29) is 6.54 Å². The second kappa shape index (κ2) is 2.41. The van der Waals surface area contributed by atoms with Gasteiger partial charge in [-0.05, 0) is 18.3 Å². The number of hydrogen-bond donors (Lipinski definition) is 0. The van der Waals surface area contributed by atoms with Gasteiger partial charge >= 0.3 is 0 Å². The van der Waals surface area contributed by atoms with E-state index in [9.17, 15) is 8.78 Å². The largest absolute Gasteiger partial charge is 0.297 e. The van der Waals surface area contributed by atoms with Crippen LogP contribution in [-0.4, -0.2) is 31.0 Å². The van der Waals surface area contributed by atoms with E-state index in [4.69, 9.17) is 0 Å². The van der Waals surface area contributed by atoms with E-state index >= 15 is 0 Å². The first kappa shape index (κ1) is 7.47. The summed E-state index contributed by atoms with van der Waals surface area (Å²) >= 11 is 0. The Morgan fingerprint density at radius 3 is 2.27 bits per heavy atom. The van der Waals surface area contributed by atoms with Crippen LogP contribution in [0.5, 0.6) is 0 Å². The lowest BCUT2D eigenvalue weighted by Crippen LogP contribution is -2.60. The summed E-state index contributed by atoms with van der Waals surface area (Å²) < 4.78 is 23.7. The van der Waals surface area contributed by atoms with Crippen molar-refractivity contribution < 1.29 is 8.78 Å². The van der Waals surface area contributed by atoms with Crippen LogP contribution < -0.4 is 0 Å². The third-order valence-electron chi connectivity index (χ3n) is 2.93. The van der Waals surface area contributed by atoms with E-state index < -0.39 is 6.43 Å². The van der Waals surface area contributed by atoms with E-state index in [0.29, 0.717) is 5.41 Å². The van der Waals surface area contributed by atoms with Crippen molar-refractivity contribution in [3.63, 3.8) is 0 Å². The third kappa shape index (κ3) is 1.26. The standard InChI is InChI=1S/C8H13F2N/c9-7(10)4-11-5-8(6-11)2-1-3-8/h7H,1-6H2. The summed E-state index contributed by atoms with van der Waals surface area (Å²) in [5, 5.41) is 0. The summed E-state index contributed by atoms with van der Waals surface area (Å²) in [5.41, 5.74) is 0.495. The average molecular weight is 161 g/mol. The molecule has 1 saturated carbocycles. The Bertz CT molecular complexity index is 146. The SMILES string of the molecule is FC(F)CN1CC2(CCC2)C1. The summed E-state index contributed by atoms with van der Waals surface area (Å²) in [4.78, 5) is 1.86. The van der Waals surface area contributed by atoms with Crippen molar-refractivity contribution in [2.75, 3.05) is 19.6 Å². The number of likely N-dealkylation sites (tertiary alicyclic amines) is 1. The van der Waals surface area contributed by atoms with E-state index in [0.717, 1.165) is 13.1 Å². The van der Waals surface area contributed by atoms with Crippen LogP contribution >= 0.6 is 0 Å². The molecule has 0 aromatic rings. The summed E-state index contributed by atoms with van der Waals surface area (Å²) in [7, 11) is 0. The maximum atomic E-state index is 11.8. The highest BCUT2D eigenvalue weighted by atomic mass is 19.3. The van der Waals surface area contributed by atoms with Gasteiger partial charge < -0.3 is 0 Å². The predicted molar refractivity (Wildman–Crippen MR) is 38.7 cm³/mol. The molecule has 0 aromatic carbocycles. The fourth-order valence-corrected chi connectivity index (χ4v) is 2.22. The number of alkyl halides is 2. The second-order valence-corrected chi connectivity index (χ2v) is 3.91. The quantitative estimate of drug-likeness (QED) is 0.596. The number of rotatable bonds is 2. The van der Waals surface area contributed by atoms with Crippen molar-refractivity contribution in [1.29, 1.82) is 0 Å². The van der Waals surface area contributed by atoms with Crippen LogP contribution in [-0.2, 0) is 0 Å². The molecule has 0 aromatic heterocycles. The number of halogens is 2. The van der Waals surface area contributed by atoms with Crippen LogP contribution in [0.4, 0.5) is 8.78 Å². The molecule has 1 nitrogen and oxygen atoms in total. The molecule has 2 rings (SSSR count). The zero-order chi connectivity index (χ0) is 7.90. The molecule has 0 bridgehead atoms. The van der Waals surface area contributed by atoms with Gasteiger partial charge in [-0.2, -0.15) is 0 Å². The Balaban J connectivity index is 1.71. The third-order valence-corrected chi connectivity index (χ3v) is 2.93. The normalized spacial score (nSPS) is 28.6. The molecule has 2 fully saturated rings. The molecule has 1 aliphatic carbocycles. The van der Waals surface area contributed by atoms with Crippen molar-refractivity contribution >= 4 is 0 Å². The summed E-state index contributed by atoms with van der Waals surface area (Å²) in [6.45, 7) is 1.84. The van der Waals surface area contributed by atoms with E-state index in [1.54, 1.807) is 0 Å². The zero-order valence-electron chi connectivity index (χ0n) is 6.52. The molecule has 0 N–H and O–H groups in total. The Morgan fingerprint density at radius 1 is 1.27 bits per heavy atom. The lowest BCUT2D eigenvalue weighted by molar-refractivity contribution is -0.0809. The van der Waals surface area contributed by atoms with Gasteiger partial charge in [-0.15, -0.1) is 0 Å². The van der Waals surface area contributed by atoms with Gasteiger partial charge in [0.25, 0.3) is 6.43 Å². The number of nitrogens with zero attached hydrogens (tertiary/aromatic N) is 1. The fraction of sp³-hybridized carbons (Fsp3) is 1.00. The summed E-state index contributed by atoms with van der Waals surface area (Å²) in [6.07, 6.45) is 1.70. The molecule has 1 heterocycles. The van der Waals surface area contributed by atoms with E-state index in [1.807, 2.05) is 4.90 Å². The molecule has 0 radical (unpaired) electrons. The van der Waals surface area contributed by atoms with Crippen molar-refractivity contribution in [2.24, 2.45) is 5.41 Å². The maximum absolute atomic E-state index is 11.8. The van der Waals surface area contributed by atoms with E-state index in [2.05, 4.69) is 0 Å². The lowest BCUT2D eigenvalue weighted by atomic mass is 9.63. The molecule has 0 unspecified atom stereocenters. The second-order valence-electron chi connectivity index (χ2n) is 3.91. The predicted octanol–water partition coefficient (Wildman–Crippen LogP) is 1.74. The molecule has 3 heteroatoms. The first-order valence-corrected chi connectivity index (χ1v) is 4.21. The smallest absolute Gasteiger partial charge is 0.251 e. The van der Waals surface area contributed by atoms with Crippen molar-refractivity contribution in [3.05, 3.63) is 0 Å². The van der Waals surface area contributed by atoms with Crippen LogP contribution in [0.1, 0.15) is 19.3 Å². The van der Waals surface area contributed by atoms with Gasteiger partial charge in [0, 0.05) is 13.1 Å². The molecular weight excluding hydrogens is 148 g/mol. The first-order valence-electron chi connectivity index (χ1n) is 4.21. The van der Waals surface area contributed by atoms with Gasteiger partial charge in [0.05, 0.1) is 6.54 Å². The molecule has 2 aliphatic rings. The van der Waals surface area contributed by atoms with Gasteiger partial charge in [0.15, 0.2) is 0 Å². The maximum Gasteiger partial charge on any atom is 0.251 e. The number of hydrogen-bond acceptors (Lipinski definition) is 1. The Hall–Kier alpha value is -0.180. The minimum Gasteiger partial charge on any atom is -0.297 e. The van der Waals surface area contributed by atoms with Gasteiger partial charge in [-0.3, -0.25) is 4.90 Å². The molecule has 0 atom stereocenters. The minimum absolute atomic E-state index is 0.0122. The average Bonchev–Trinajstić information content (AvgIpc) is 1.71. The monoisotopic (exact) mass is 161 g/mol. The van der Waals surface area contributed by atoms with Gasteiger partial charge in [0.2, 0.25) is 0 Å². The zero-order valence-corrected chi connectivity index (χ0v) is 6.52. The highest BCUT2D eigenvalue weighted by molar-refractivity contribution is 5.00. The van der Waals surface area contributed by atoms with Crippen LogP contribution in [0.2, 0.25) is 0 Å². The highest BCUT2D eigenvalue weighted by Crippen LogP contribution is 2.47. The molecular formula is C8H13F2N. The highest BCUT2D eigenvalue weighted by Gasteiger charge is 2.47. The molecule has 64 valence electrons.